The number of rotatable bonds is 3. The first-order valence-corrected chi connectivity index (χ1v) is 8.62. The summed E-state index contributed by atoms with van der Waals surface area (Å²) in [5.41, 5.74) is 1.97. The Balaban J connectivity index is 2.01. The number of para-hydroxylation sites is 1. The number of carbonyl (C=O) groups is 1. The molecule has 3 aromatic rings. The Morgan fingerprint density at radius 2 is 1.59 bits per heavy atom. The molecular formula is C23H17FO3. The lowest BCUT2D eigenvalue weighted by Gasteiger charge is -2.29. The zero-order valence-electron chi connectivity index (χ0n) is 14.6. The molecule has 27 heavy (non-hydrogen) atoms. The molecule has 0 bridgehead atoms. The fraction of sp³-hybridized carbons (Fsp3) is 0.0870. The molecule has 0 fully saturated rings. The summed E-state index contributed by atoms with van der Waals surface area (Å²) in [6.07, 6.45) is 0. The average molecular weight is 360 g/mol. The molecule has 1 aliphatic heterocycles. The third kappa shape index (κ3) is 2.99. The summed E-state index contributed by atoms with van der Waals surface area (Å²) >= 11 is 0. The fourth-order valence-electron chi connectivity index (χ4n) is 3.51. The van der Waals surface area contributed by atoms with Gasteiger partial charge in [-0.25, -0.2) is 4.39 Å². The fourth-order valence-corrected chi connectivity index (χ4v) is 3.51. The van der Waals surface area contributed by atoms with Gasteiger partial charge in [-0.1, -0.05) is 48.5 Å². The third-order valence-electron chi connectivity index (χ3n) is 4.70. The highest BCUT2D eigenvalue weighted by molar-refractivity contribution is 6.02. The summed E-state index contributed by atoms with van der Waals surface area (Å²) in [4.78, 5) is 12.6. The molecule has 1 aliphatic rings. The van der Waals surface area contributed by atoms with Crippen LogP contribution in [0.4, 0.5) is 4.39 Å². The topological polar surface area (TPSA) is 46.5 Å². The Morgan fingerprint density at radius 3 is 2.33 bits per heavy atom. The van der Waals surface area contributed by atoms with Gasteiger partial charge >= 0.3 is 0 Å². The van der Waals surface area contributed by atoms with Crippen LogP contribution in [-0.2, 0) is 4.79 Å². The number of hydrogen-bond donors (Lipinski definition) is 1. The Morgan fingerprint density at radius 1 is 0.926 bits per heavy atom. The van der Waals surface area contributed by atoms with E-state index >= 15 is 0 Å². The van der Waals surface area contributed by atoms with Crippen molar-refractivity contribution in [2.24, 2.45) is 0 Å². The first-order chi connectivity index (χ1) is 13.1. The number of benzene rings is 3. The van der Waals surface area contributed by atoms with E-state index in [-0.39, 0.29) is 17.1 Å². The first kappa shape index (κ1) is 17.0. The molecule has 0 radical (unpaired) electrons. The lowest BCUT2D eigenvalue weighted by Crippen LogP contribution is -2.18. The van der Waals surface area contributed by atoms with Crippen LogP contribution in [0.15, 0.2) is 78.4 Å². The smallest absolute Gasteiger partial charge is 0.160 e. The summed E-state index contributed by atoms with van der Waals surface area (Å²) in [7, 11) is 0. The molecule has 1 N–H and O–H groups in total. The number of aliphatic hydroxyl groups is 1. The van der Waals surface area contributed by atoms with Gasteiger partial charge in [-0.3, -0.25) is 4.79 Å². The van der Waals surface area contributed by atoms with Gasteiger partial charge in [-0.2, -0.15) is 0 Å². The molecule has 3 aromatic carbocycles. The van der Waals surface area contributed by atoms with E-state index < -0.39 is 11.7 Å². The summed E-state index contributed by atoms with van der Waals surface area (Å²) in [5.74, 6) is -0.392. The normalized spacial score (nSPS) is 15.9. The van der Waals surface area contributed by atoms with Gasteiger partial charge in [0.15, 0.2) is 5.78 Å². The quantitative estimate of drug-likeness (QED) is 0.487. The Bertz CT molecular complexity index is 1050. The molecule has 0 unspecified atom stereocenters. The van der Waals surface area contributed by atoms with Gasteiger partial charge in [0.2, 0.25) is 0 Å². The van der Waals surface area contributed by atoms with Gasteiger partial charge in [0, 0.05) is 28.2 Å². The number of halogens is 1. The highest BCUT2D eigenvalue weighted by atomic mass is 19.1. The monoisotopic (exact) mass is 360 g/mol. The van der Waals surface area contributed by atoms with E-state index in [1.807, 2.05) is 24.3 Å². The van der Waals surface area contributed by atoms with Gasteiger partial charge in [0.1, 0.15) is 23.1 Å². The Hall–Kier alpha value is -3.40. The SMILES string of the molecule is CC(=O)C(=C(O)c1ccccc1)[C@@H]1c2ccccc2Oc2ccc(F)cc21. The minimum absolute atomic E-state index is 0.111. The standard InChI is InChI=1S/C23H17FO3/c1-14(25)21(23(26)15-7-3-2-4-8-15)22-17-9-5-6-10-19(17)27-20-12-11-16(24)13-18(20)22/h2-13,22,26H,1H3/t22-/m1/s1. The van der Waals surface area contributed by atoms with E-state index in [4.69, 9.17) is 4.74 Å². The number of fused-ring (bicyclic) bond motifs is 2. The Labute approximate surface area is 156 Å². The van der Waals surface area contributed by atoms with Gasteiger partial charge in [0.05, 0.1) is 0 Å². The lowest BCUT2D eigenvalue weighted by atomic mass is 9.79. The second-order valence-electron chi connectivity index (χ2n) is 6.44. The second-order valence-corrected chi connectivity index (χ2v) is 6.44. The van der Waals surface area contributed by atoms with Crippen molar-refractivity contribution in [1.29, 1.82) is 0 Å². The number of allylic oxidation sites excluding steroid dienone is 1. The van der Waals surface area contributed by atoms with Crippen molar-refractivity contribution in [1.82, 2.24) is 0 Å². The van der Waals surface area contributed by atoms with Crippen molar-refractivity contribution in [2.75, 3.05) is 0 Å². The highest BCUT2D eigenvalue weighted by Gasteiger charge is 2.34. The van der Waals surface area contributed by atoms with Crippen LogP contribution in [0.1, 0.15) is 29.5 Å². The van der Waals surface area contributed by atoms with E-state index in [0.717, 1.165) is 0 Å². The largest absolute Gasteiger partial charge is 0.507 e. The maximum absolute atomic E-state index is 14.0. The zero-order chi connectivity index (χ0) is 19.0. The molecule has 134 valence electrons. The molecule has 1 atom stereocenters. The van der Waals surface area contributed by atoms with Crippen molar-refractivity contribution >= 4 is 11.5 Å². The highest BCUT2D eigenvalue weighted by Crippen LogP contribution is 2.48. The van der Waals surface area contributed by atoms with Crippen molar-refractivity contribution in [3.05, 3.63) is 101 Å². The summed E-state index contributed by atoms with van der Waals surface area (Å²) < 4.78 is 19.9. The van der Waals surface area contributed by atoms with Crippen LogP contribution in [0.25, 0.3) is 5.76 Å². The first-order valence-electron chi connectivity index (χ1n) is 8.62. The molecule has 0 saturated carbocycles. The van der Waals surface area contributed by atoms with Crippen molar-refractivity contribution in [3.8, 4) is 11.5 Å². The zero-order valence-corrected chi connectivity index (χ0v) is 14.6. The lowest BCUT2D eigenvalue weighted by molar-refractivity contribution is -0.113. The molecule has 1 heterocycles. The van der Waals surface area contributed by atoms with Crippen LogP contribution < -0.4 is 4.74 Å². The third-order valence-corrected chi connectivity index (χ3v) is 4.70. The van der Waals surface area contributed by atoms with E-state index in [1.165, 1.54) is 19.1 Å². The molecule has 0 aliphatic carbocycles. The van der Waals surface area contributed by atoms with Gasteiger partial charge < -0.3 is 9.84 Å². The van der Waals surface area contributed by atoms with E-state index in [2.05, 4.69) is 0 Å². The van der Waals surface area contributed by atoms with Crippen LogP contribution in [0.2, 0.25) is 0 Å². The van der Waals surface area contributed by atoms with Crippen molar-refractivity contribution < 1.29 is 19.0 Å². The molecule has 0 aromatic heterocycles. The number of carbonyl (C=O) groups excluding carboxylic acids is 1. The molecule has 0 amide bonds. The second kappa shape index (κ2) is 6.72. The molecule has 4 heteroatoms. The van der Waals surface area contributed by atoms with Crippen LogP contribution in [0, 0.1) is 5.82 Å². The van der Waals surface area contributed by atoms with Crippen LogP contribution in [0.3, 0.4) is 0 Å². The van der Waals surface area contributed by atoms with Crippen LogP contribution in [0.5, 0.6) is 11.5 Å². The van der Waals surface area contributed by atoms with E-state index in [0.29, 0.717) is 28.2 Å². The molecular weight excluding hydrogens is 343 g/mol. The van der Waals surface area contributed by atoms with Gasteiger partial charge in [-0.15, -0.1) is 0 Å². The maximum Gasteiger partial charge on any atom is 0.160 e. The number of ether oxygens (including phenoxy) is 1. The van der Waals surface area contributed by atoms with Crippen LogP contribution in [-0.4, -0.2) is 10.9 Å². The van der Waals surface area contributed by atoms with Crippen molar-refractivity contribution in [2.45, 2.75) is 12.8 Å². The van der Waals surface area contributed by atoms with Gasteiger partial charge in [-0.05, 0) is 31.2 Å². The maximum atomic E-state index is 14.0. The Kier molecular flexibility index (Phi) is 4.24. The van der Waals surface area contributed by atoms with E-state index in [1.54, 1.807) is 36.4 Å². The van der Waals surface area contributed by atoms with E-state index in [9.17, 15) is 14.3 Å². The minimum atomic E-state index is -0.627. The summed E-state index contributed by atoms with van der Waals surface area (Å²) in [6.45, 7) is 1.41. The average Bonchev–Trinajstić information content (AvgIpc) is 2.68. The van der Waals surface area contributed by atoms with Crippen LogP contribution >= 0.6 is 0 Å². The molecule has 0 saturated heterocycles. The summed E-state index contributed by atoms with van der Waals surface area (Å²) in [6, 6.07) is 20.4. The number of aliphatic hydroxyl groups excluding tert-OH is 1. The predicted molar refractivity (Wildman–Crippen MR) is 101 cm³/mol. The predicted octanol–water partition coefficient (Wildman–Crippen LogP) is 5.62. The van der Waals surface area contributed by atoms with Crippen molar-refractivity contribution in [3.63, 3.8) is 0 Å². The molecule has 4 rings (SSSR count). The number of hydrogen-bond acceptors (Lipinski definition) is 3. The summed E-state index contributed by atoms with van der Waals surface area (Å²) in [5, 5.41) is 10.9. The number of ketones is 1. The molecule has 3 nitrogen and oxygen atoms in total. The molecule has 0 spiro atoms. The number of Topliss-reactive ketones (excluding diaryl/α,β-unsaturated/α-hetero) is 1. The van der Waals surface area contributed by atoms with Gasteiger partial charge in [0.25, 0.3) is 0 Å². The minimum Gasteiger partial charge on any atom is -0.507 e.